The van der Waals surface area contributed by atoms with Crippen molar-refractivity contribution < 1.29 is 4.74 Å². The second-order valence-corrected chi connectivity index (χ2v) is 8.25. The fourth-order valence-electron chi connectivity index (χ4n) is 4.02. The van der Waals surface area contributed by atoms with Crippen molar-refractivity contribution in [2.45, 2.75) is 12.5 Å². The summed E-state index contributed by atoms with van der Waals surface area (Å²) in [7, 11) is 3.97. The Balaban J connectivity index is 1.30. The van der Waals surface area contributed by atoms with Crippen LogP contribution in [0.2, 0.25) is 0 Å². The number of anilines is 1. The third kappa shape index (κ3) is 3.90. The summed E-state index contributed by atoms with van der Waals surface area (Å²) in [5.74, 6) is 1.61. The molecular weight excluding hydrogens is 400 g/mol. The van der Waals surface area contributed by atoms with Crippen LogP contribution in [0.25, 0.3) is 32.9 Å². The number of pyridine rings is 1. The maximum absolute atomic E-state index is 6.37. The van der Waals surface area contributed by atoms with Gasteiger partial charge in [0, 0.05) is 54.4 Å². The van der Waals surface area contributed by atoms with E-state index < -0.39 is 0 Å². The van der Waals surface area contributed by atoms with Gasteiger partial charge in [-0.05, 0) is 41.8 Å². The highest BCUT2D eigenvalue weighted by molar-refractivity contribution is 5.93. The monoisotopic (exact) mass is 426 g/mol. The zero-order valence-electron chi connectivity index (χ0n) is 18.2. The molecule has 0 bridgehead atoms. The van der Waals surface area contributed by atoms with Gasteiger partial charge >= 0.3 is 0 Å². The average molecular weight is 427 g/mol. The van der Waals surface area contributed by atoms with Crippen LogP contribution in [0, 0.1) is 0 Å². The number of para-hydroxylation sites is 1. The smallest absolute Gasteiger partial charge is 0.157 e. The van der Waals surface area contributed by atoms with Gasteiger partial charge in [0.05, 0.1) is 11.7 Å². The first-order valence-electron chi connectivity index (χ1n) is 10.6. The van der Waals surface area contributed by atoms with Crippen molar-refractivity contribution in [3.8, 4) is 16.9 Å². The average Bonchev–Trinajstić information content (AvgIpc) is 3.42. The first-order valence-corrected chi connectivity index (χ1v) is 10.6. The van der Waals surface area contributed by atoms with E-state index in [1.165, 1.54) is 10.9 Å². The van der Waals surface area contributed by atoms with Gasteiger partial charge in [-0.2, -0.15) is 5.10 Å². The Hall–Kier alpha value is -3.84. The Bertz CT molecular complexity index is 1370. The highest BCUT2D eigenvalue weighted by Gasteiger charge is 2.12. The maximum Gasteiger partial charge on any atom is 0.157 e. The van der Waals surface area contributed by atoms with E-state index in [0.717, 1.165) is 39.8 Å². The molecule has 2 aromatic carbocycles. The van der Waals surface area contributed by atoms with Gasteiger partial charge in [-0.1, -0.05) is 24.3 Å². The number of fused-ring (bicyclic) bond motifs is 2. The van der Waals surface area contributed by atoms with Crippen molar-refractivity contribution in [3.05, 3.63) is 72.7 Å². The van der Waals surface area contributed by atoms with E-state index in [0.29, 0.717) is 12.4 Å². The molecule has 0 radical (unpaired) electrons. The lowest BCUT2D eigenvalue weighted by Gasteiger charge is -2.13. The van der Waals surface area contributed by atoms with Gasteiger partial charge in [0.25, 0.3) is 0 Å². The molecule has 3 heterocycles. The van der Waals surface area contributed by atoms with Crippen LogP contribution >= 0.6 is 0 Å². The number of nitrogens with zero attached hydrogens (tertiary/aromatic N) is 3. The molecule has 0 aliphatic heterocycles. The summed E-state index contributed by atoms with van der Waals surface area (Å²) >= 11 is 0. The third-order valence-electron chi connectivity index (χ3n) is 5.63. The molecule has 0 aliphatic carbocycles. The van der Waals surface area contributed by atoms with Gasteiger partial charge in [0.2, 0.25) is 0 Å². The standard InChI is InChI=1S/C25H26N6O/c1-31(2)25-22-11-16(7-8-24(22)29-30-25)17-10-20(14-27-12-17)32-15-19(26)9-18-13-28-23-6-4-3-5-21(18)23/h3-8,10-14,19,28H,9,15,26H2,1-2H3,(H,29,30)/t19-/m0/s1. The number of hydrogen-bond donors (Lipinski definition) is 3. The second kappa shape index (κ2) is 8.36. The number of nitrogens with two attached hydrogens (primary N) is 1. The van der Waals surface area contributed by atoms with Crippen LogP contribution < -0.4 is 15.4 Å². The minimum absolute atomic E-state index is 0.122. The Morgan fingerprint density at radius 3 is 2.75 bits per heavy atom. The molecule has 0 fully saturated rings. The molecule has 0 unspecified atom stereocenters. The van der Waals surface area contributed by atoms with Gasteiger partial charge in [-0.25, -0.2) is 0 Å². The molecule has 5 aromatic rings. The molecular formula is C25H26N6O. The van der Waals surface area contributed by atoms with Crippen molar-refractivity contribution in [2.24, 2.45) is 5.73 Å². The summed E-state index contributed by atoms with van der Waals surface area (Å²) in [6, 6.07) is 16.3. The molecule has 7 heteroatoms. The van der Waals surface area contributed by atoms with Crippen LogP contribution in [0.5, 0.6) is 5.75 Å². The Morgan fingerprint density at radius 2 is 1.88 bits per heavy atom. The van der Waals surface area contributed by atoms with Crippen LogP contribution in [-0.4, -0.2) is 46.9 Å². The number of nitrogens with one attached hydrogen (secondary N) is 2. The van der Waals surface area contributed by atoms with E-state index >= 15 is 0 Å². The summed E-state index contributed by atoms with van der Waals surface area (Å²) in [6.45, 7) is 0.413. The Kier molecular flexibility index (Phi) is 5.25. The van der Waals surface area contributed by atoms with Gasteiger partial charge in [0.1, 0.15) is 12.4 Å². The number of aromatic amines is 2. The van der Waals surface area contributed by atoms with Crippen molar-refractivity contribution in [1.29, 1.82) is 0 Å². The molecule has 7 nitrogen and oxygen atoms in total. The van der Waals surface area contributed by atoms with E-state index in [9.17, 15) is 0 Å². The quantitative estimate of drug-likeness (QED) is 0.364. The van der Waals surface area contributed by atoms with E-state index in [1.807, 2.05) is 55.7 Å². The van der Waals surface area contributed by atoms with Gasteiger partial charge in [0.15, 0.2) is 5.82 Å². The predicted octanol–water partition coefficient (Wildman–Crippen LogP) is 4.12. The zero-order chi connectivity index (χ0) is 22.1. The summed E-state index contributed by atoms with van der Waals surface area (Å²) in [5.41, 5.74) is 11.7. The van der Waals surface area contributed by atoms with Crippen molar-refractivity contribution >= 4 is 27.6 Å². The highest BCUT2D eigenvalue weighted by Crippen LogP contribution is 2.29. The zero-order valence-corrected chi connectivity index (χ0v) is 18.2. The van der Waals surface area contributed by atoms with Crippen molar-refractivity contribution in [3.63, 3.8) is 0 Å². The lowest BCUT2D eigenvalue weighted by Crippen LogP contribution is -2.30. The molecule has 5 rings (SSSR count). The van der Waals surface area contributed by atoms with E-state index in [4.69, 9.17) is 10.5 Å². The molecule has 32 heavy (non-hydrogen) atoms. The summed E-state index contributed by atoms with van der Waals surface area (Å²) < 4.78 is 6.00. The lowest BCUT2D eigenvalue weighted by molar-refractivity contribution is 0.287. The van der Waals surface area contributed by atoms with Crippen LogP contribution in [-0.2, 0) is 6.42 Å². The number of H-pyrrole nitrogens is 2. The highest BCUT2D eigenvalue weighted by atomic mass is 16.5. The first kappa shape index (κ1) is 20.1. The van der Waals surface area contributed by atoms with Crippen molar-refractivity contribution in [1.82, 2.24) is 20.2 Å². The van der Waals surface area contributed by atoms with E-state index in [-0.39, 0.29) is 6.04 Å². The first-order chi connectivity index (χ1) is 15.6. The normalized spacial score (nSPS) is 12.3. The summed E-state index contributed by atoms with van der Waals surface area (Å²) in [5, 5.41) is 9.74. The fraction of sp³-hybridized carbons (Fsp3) is 0.200. The number of benzene rings is 2. The number of hydrogen-bond acceptors (Lipinski definition) is 5. The van der Waals surface area contributed by atoms with Crippen LogP contribution in [0.3, 0.4) is 0 Å². The summed E-state index contributed by atoms with van der Waals surface area (Å²) in [4.78, 5) is 9.67. The van der Waals surface area contributed by atoms with Gasteiger partial charge in [-0.3, -0.25) is 10.1 Å². The molecule has 0 saturated heterocycles. The SMILES string of the molecule is CN(C)c1n[nH]c2ccc(-c3cncc(OC[C@@H](N)Cc4c[nH]c5ccccc45)c3)cc12. The largest absolute Gasteiger partial charge is 0.490 e. The molecule has 0 amide bonds. The minimum Gasteiger partial charge on any atom is -0.490 e. The van der Waals surface area contributed by atoms with Crippen molar-refractivity contribution in [2.75, 3.05) is 25.6 Å². The number of aromatic nitrogens is 4. The number of rotatable bonds is 7. The van der Waals surface area contributed by atoms with Crippen LogP contribution in [0.15, 0.2) is 67.1 Å². The van der Waals surface area contributed by atoms with Gasteiger partial charge < -0.3 is 20.4 Å². The molecule has 162 valence electrons. The molecule has 4 N–H and O–H groups in total. The predicted molar refractivity (Wildman–Crippen MR) is 129 cm³/mol. The third-order valence-corrected chi connectivity index (χ3v) is 5.63. The molecule has 0 saturated carbocycles. The summed E-state index contributed by atoms with van der Waals surface area (Å²) in [6.07, 6.45) is 6.33. The number of ether oxygens (including phenoxy) is 1. The maximum atomic E-state index is 6.37. The van der Waals surface area contributed by atoms with E-state index in [2.05, 4.69) is 44.4 Å². The lowest BCUT2D eigenvalue weighted by atomic mass is 10.1. The second-order valence-electron chi connectivity index (χ2n) is 8.25. The molecule has 3 aromatic heterocycles. The van der Waals surface area contributed by atoms with Crippen LogP contribution in [0.1, 0.15) is 5.56 Å². The molecule has 1 atom stereocenters. The van der Waals surface area contributed by atoms with Gasteiger partial charge in [-0.15, -0.1) is 0 Å². The fourth-order valence-corrected chi connectivity index (χ4v) is 4.02. The Morgan fingerprint density at radius 1 is 1.00 bits per heavy atom. The van der Waals surface area contributed by atoms with E-state index in [1.54, 1.807) is 6.20 Å². The van der Waals surface area contributed by atoms with Crippen LogP contribution in [0.4, 0.5) is 5.82 Å². The Labute approximate surface area is 186 Å². The molecule has 0 aliphatic rings. The molecule has 0 spiro atoms. The minimum atomic E-state index is -0.122. The topological polar surface area (TPSA) is 95.8 Å².